The highest BCUT2D eigenvalue weighted by molar-refractivity contribution is 6.05. The molecule has 9 heteroatoms. The van der Waals surface area contributed by atoms with Crippen molar-refractivity contribution in [2.24, 2.45) is 0 Å². The predicted octanol–water partition coefficient (Wildman–Crippen LogP) is 3.75. The number of benzene rings is 2. The maximum absolute atomic E-state index is 12.9. The zero-order valence-corrected chi connectivity index (χ0v) is 18.7. The summed E-state index contributed by atoms with van der Waals surface area (Å²) >= 11 is 0. The van der Waals surface area contributed by atoms with Gasteiger partial charge in [0.15, 0.2) is 5.65 Å². The largest absolute Gasteiger partial charge is 0.497 e. The van der Waals surface area contributed by atoms with Crippen LogP contribution in [0, 0.1) is 13.8 Å². The third-order valence-corrected chi connectivity index (χ3v) is 4.90. The Labute approximate surface area is 189 Å². The molecule has 0 atom stereocenters. The number of fused-ring (bicyclic) bond motifs is 1. The molecule has 0 aliphatic rings. The molecule has 0 bridgehead atoms. The van der Waals surface area contributed by atoms with Crippen molar-refractivity contribution >= 4 is 17.2 Å². The monoisotopic (exact) mass is 449 g/mol. The molecule has 0 saturated carbocycles. The van der Waals surface area contributed by atoms with Crippen LogP contribution >= 0.6 is 0 Å². The Morgan fingerprint density at radius 3 is 2.45 bits per heavy atom. The first kappa shape index (κ1) is 21.9. The summed E-state index contributed by atoms with van der Waals surface area (Å²) in [5.41, 5.74) is 2.30. The van der Waals surface area contributed by atoms with Gasteiger partial charge >= 0.3 is 0 Å². The van der Waals surface area contributed by atoms with Crippen LogP contribution in [0.15, 0.2) is 57.8 Å². The van der Waals surface area contributed by atoms with Gasteiger partial charge in [-0.3, -0.25) is 9.59 Å². The molecule has 4 aromatic rings. The molecule has 2 heterocycles. The SMILES string of the molecule is COc1cc(OC)cc(C(=O)Nc2ccc(C)cc2OCc2cc(=O)n3oc(C)cc3n2)c1. The lowest BCUT2D eigenvalue weighted by atomic mass is 10.1. The van der Waals surface area contributed by atoms with E-state index in [4.69, 9.17) is 18.7 Å². The van der Waals surface area contributed by atoms with Gasteiger partial charge in [-0.15, -0.1) is 4.57 Å². The first-order valence-electron chi connectivity index (χ1n) is 10.1. The molecule has 2 aromatic carbocycles. The molecule has 0 spiro atoms. The van der Waals surface area contributed by atoms with Gasteiger partial charge in [-0.05, 0) is 43.7 Å². The number of aromatic nitrogens is 2. The lowest BCUT2D eigenvalue weighted by molar-refractivity contribution is 0.102. The Hall–Kier alpha value is -4.27. The number of methoxy groups -OCH3 is 2. The molecule has 0 aliphatic heterocycles. The van der Waals surface area contributed by atoms with Crippen LogP contribution < -0.4 is 25.1 Å². The number of rotatable bonds is 7. The molecule has 0 unspecified atom stereocenters. The molecule has 1 N–H and O–H groups in total. The Morgan fingerprint density at radius 2 is 1.76 bits per heavy atom. The molecule has 0 aliphatic carbocycles. The van der Waals surface area contributed by atoms with Crippen LogP contribution in [0.4, 0.5) is 5.69 Å². The van der Waals surface area contributed by atoms with Gasteiger partial charge < -0.3 is 24.1 Å². The highest BCUT2D eigenvalue weighted by atomic mass is 16.5. The number of nitrogens with one attached hydrogen (secondary N) is 1. The zero-order chi connectivity index (χ0) is 23.5. The van der Waals surface area contributed by atoms with Gasteiger partial charge in [-0.25, -0.2) is 4.98 Å². The van der Waals surface area contributed by atoms with Crippen molar-refractivity contribution < 1.29 is 23.5 Å². The van der Waals surface area contributed by atoms with E-state index in [1.54, 1.807) is 43.3 Å². The van der Waals surface area contributed by atoms with Crippen molar-refractivity contribution in [3.8, 4) is 17.2 Å². The van der Waals surface area contributed by atoms with E-state index in [1.165, 1.54) is 20.3 Å². The molecule has 0 fully saturated rings. The summed E-state index contributed by atoms with van der Waals surface area (Å²) in [6.07, 6.45) is 0. The molecule has 170 valence electrons. The molecular formula is C24H23N3O6. The van der Waals surface area contributed by atoms with Crippen molar-refractivity contribution in [3.63, 3.8) is 0 Å². The third kappa shape index (κ3) is 4.82. The molecule has 33 heavy (non-hydrogen) atoms. The fourth-order valence-corrected chi connectivity index (χ4v) is 3.28. The Bertz CT molecular complexity index is 1370. The van der Waals surface area contributed by atoms with E-state index in [2.05, 4.69) is 10.3 Å². The highest BCUT2D eigenvalue weighted by Gasteiger charge is 2.14. The summed E-state index contributed by atoms with van der Waals surface area (Å²) in [5.74, 6) is 1.68. The quantitative estimate of drug-likeness (QED) is 0.458. The number of hydrogen-bond donors (Lipinski definition) is 1. The number of anilines is 1. The first-order chi connectivity index (χ1) is 15.9. The van der Waals surface area contributed by atoms with E-state index in [0.717, 1.165) is 10.1 Å². The van der Waals surface area contributed by atoms with Crippen molar-refractivity contribution in [1.82, 2.24) is 9.56 Å². The second-order valence-corrected chi connectivity index (χ2v) is 7.43. The highest BCUT2D eigenvalue weighted by Crippen LogP contribution is 2.28. The lowest BCUT2D eigenvalue weighted by Gasteiger charge is -2.14. The van der Waals surface area contributed by atoms with Crippen LogP contribution in [-0.4, -0.2) is 29.7 Å². The lowest BCUT2D eigenvalue weighted by Crippen LogP contribution is -2.15. The summed E-state index contributed by atoms with van der Waals surface area (Å²) in [6, 6.07) is 13.4. The Kier molecular flexibility index (Phi) is 6.03. The fraction of sp³-hybridized carbons (Fsp3) is 0.208. The Morgan fingerprint density at radius 1 is 1.03 bits per heavy atom. The molecule has 4 rings (SSSR count). The average molecular weight is 449 g/mol. The van der Waals surface area contributed by atoms with E-state index in [1.807, 2.05) is 13.0 Å². The molecule has 0 radical (unpaired) electrons. The van der Waals surface area contributed by atoms with Gasteiger partial charge in [-0.2, -0.15) is 0 Å². The number of carbonyl (C=O) groups is 1. The van der Waals surface area contributed by atoms with Crippen LogP contribution in [0.3, 0.4) is 0 Å². The molecule has 2 aromatic heterocycles. The minimum atomic E-state index is -0.354. The van der Waals surface area contributed by atoms with Gasteiger partial charge in [0.25, 0.3) is 11.5 Å². The number of amides is 1. The topological polar surface area (TPSA) is 104 Å². The van der Waals surface area contributed by atoms with Crippen molar-refractivity contribution in [2.45, 2.75) is 20.5 Å². The summed E-state index contributed by atoms with van der Waals surface area (Å²) in [6.45, 7) is 3.69. The number of aryl methyl sites for hydroxylation is 2. The normalized spacial score (nSPS) is 10.8. The summed E-state index contributed by atoms with van der Waals surface area (Å²) in [5, 5.41) is 2.86. The minimum Gasteiger partial charge on any atom is -0.497 e. The van der Waals surface area contributed by atoms with E-state index >= 15 is 0 Å². The average Bonchev–Trinajstić information content (AvgIpc) is 3.19. The fourth-order valence-electron chi connectivity index (χ4n) is 3.28. The number of ether oxygens (including phenoxy) is 3. The second-order valence-electron chi connectivity index (χ2n) is 7.43. The molecular weight excluding hydrogens is 426 g/mol. The van der Waals surface area contributed by atoms with Crippen LogP contribution in [-0.2, 0) is 6.61 Å². The molecule has 1 amide bonds. The number of nitrogens with zero attached hydrogens (tertiary/aromatic N) is 2. The third-order valence-electron chi connectivity index (χ3n) is 4.90. The van der Waals surface area contributed by atoms with Gasteiger partial charge in [0.2, 0.25) is 0 Å². The maximum atomic E-state index is 12.9. The Balaban J connectivity index is 1.57. The van der Waals surface area contributed by atoms with E-state index < -0.39 is 0 Å². The molecule has 9 nitrogen and oxygen atoms in total. The maximum Gasteiger partial charge on any atom is 0.287 e. The number of hydrogen-bond acceptors (Lipinski definition) is 7. The van der Waals surface area contributed by atoms with Crippen LogP contribution in [0.2, 0.25) is 0 Å². The van der Waals surface area contributed by atoms with Gasteiger partial charge in [0.05, 0.1) is 25.6 Å². The van der Waals surface area contributed by atoms with Crippen molar-refractivity contribution in [2.75, 3.05) is 19.5 Å². The van der Waals surface area contributed by atoms with E-state index in [9.17, 15) is 9.59 Å². The van der Waals surface area contributed by atoms with Crippen molar-refractivity contribution in [1.29, 1.82) is 0 Å². The van der Waals surface area contributed by atoms with Crippen LogP contribution in [0.25, 0.3) is 5.65 Å². The van der Waals surface area contributed by atoms with Gasteiger partial charge in [0.1, 0.15) is 29.6 Å². The van der Waals surface area contributed by atoms with E-state index in [-0.39, 0.29) is 18.1 Å². The second kappa shape index (κ2) is 9.07. The smallest absolute Gasteiger partial charge is 0.287 e. The summed E-state index contributed by atoms with van der Waals surface area (Å²) < 4.78 is 22.8. The van der Waals surface area contributed by atoms with Crippen molar-refractivity contribution in [3.05, 3.63) is 81.5 Å². The zero-order valence-electron chi connectivity index (χ0n) is 18.7. The summed E-state index contributed by atoms with van der Waals surface area (Å²) in [4.78, 5) is 29.6. The van der Waals surface area contributed by atoms with Crippen LogP contribution in [0.5, 0.6) is 17.2 Å². The van der Waals surface area contributed by atoms with Gasteiger partial charge in [-0.1, -0.05) is 6.07 Å². The predicted molar refractivity (Wildman–Crippen MR) is 121 cm³/mol. The summed E-state index contributed by atoms with van der Waals surface area (Å²) in [7, 11) is 3.04. The minimum absolute atomic E-state index is 0.0370. The number of carbonyl (C=O) groups excluding carboxylic acids is 1. The van der Waals surface area contributed by atoms with Gasteiger partial charge in [0, 0.05) is 23.8 Å². The van der Waals surface area contributed by atoms with Crippen LogP contribution in [0.1, 0.15) is 27.4 Å². The standard InChI is InChI=1S/C24H23N3O6/c1-14-5-6-20(26-24(29)16-9-18(30-3)12-19(10-16)31-4)21(7-14)32-13-17-11-23(28)27-22(25-17)8-15(2)33-27/h5-12H,13H2,1-4H3,(H,26,29). The molecule has 0 saturated heterocycles. The van der Waals surface area contributed by atoms with E-state index in [0.29, 0.717) is 45.6 Å². The first-order valence-corrected chi connectivity index (χ1v) is 10.1.